The van der Waals surface area contributed by atoms with Crippen LogP contribution in [-0.4, -0.2) is 48.7 Å². The molecule has 0 aromatic heterocycles. The number of hydrogen-bond acceptors (Lipinski definition) is 4. The maximum absolute atomic E-state index is 13.0. The highest BCUT2D eigenvalue weighted by Crippen LogP contribution is 2.44. The summed E-state index contributed by atoms with van der Waals surface area (Å²) in [6, 6.07) is 16.2. The third kappa shape index (κ3) is 5.18. The van der Waals surface area contributed by atoms with Crippen molar-refractivity contribution in [3.8, 4) is 11.1 Å². The van der Waals surface area contributed by atoms with E-state index in [1.807, 2.05) is 29.6 Å². The van der Waals surface area contributed by atoms with E-state index in [9.17, 15) is 23.2 Å². The van der Waals surface area contributed by atoms with Crippen molar-refractivity contribution in [2.45, 2.75) is 31.1 Å². The predicted octanol–water partition coefficient (Wildman–Crippen LogP) is 3.78. The fraction of sp³-hybridized carbons (Fsp3) is 0.400. The lowest BCUT2D eigenvalue weighted by Crippen LogP contribution is -2.43. The molecule has 2 amide bonds. The largest absolute Gasteiger partial charge is 0.477 e. The highest BCUT2D eigenvalue weighted by Gasteiger charge is 2.39. The number of aliphatic carboxylic acids is 1. The van der Waals surface area contributed by atoms with Crippen molar-refractivity contribution < 1.29 is 33.0 Å². The van der Waals surface area contributed by atoms with Gasteiger partial charge in [0.15, 0.2) is 0 Å². The van der Waals surface area contributed by atoms with Gasteiger partial charge in [-0.1, -0.05) is 48.5 Å². The van der Waals surface area contributed by atoms with Crippen LogP contribution < -0.4 is 10.6 Å². The van der Waals surface area contributed by atoms with Crippen LogP contribution in [0.2, 0.25) is 0 Å². The molecule has 0 spiro atoms. The van der Waals surface area contributed by atoms with Gasteiger partial charge in [-0.25, -0.2) is 9.59 Å². The molecule has 180 valence electrons. The van der Waals surface area contributed by atoms with E-state index < -0.39 is 30.4 Å². The monoisotopic (exact) mass is 472 g/mol. The molecule has 2 aliphatic carbocycles. The predicted molar refractivity (Wildman–Crippen MR) is 119 cm³/mol. The van der Waals surface area contributed by atoms with E-state index in [2.05, 4.69) is 29.6 Å². The Morgan fingerprint density at radius 2 is 1.53 bits per heavy atom. The van der Waals surface area contributed by atoms with Crippen molar-refractivity contribution in [1.29, 1.82) is 0 Å². The molecule has 0 radical (unpaired) electrons. The van der Waals surface area contributed by atoms with Crippen molar-refractivity contribution >= 4 is 18.0 Å². The van der Waals surface area contributed by atoms with E-state index in [1.165, 1.54) is 0 Å². The molecule has 0 heterocycles. The van der Waals surface area contributed by atoms with Gasteiger partial charge in [-0.05, 0) is 46.9 Å². The average Bonchev–Trinajstić information content (AvgIpc) is 3.11. The topological polar surface area (TPSA) is 105 Å². The summed E-state index contributed by atoms with van der Waals surface area (Å²) in [6.45, 7) is -0.583. The van der Waals surface area contributed by atoms with Crippen molar-refractivity contribution in [3.63, 3.8) is 0 Å². The molecule has 1 fully saturated rings. The van der Waals surface area contributed by atoms with Gasteiger partial charge in [-0.15, -0.1) is 0 Å². The first kappa shape index (κ1) is 23.7. The van der Waals surface area contributed by atoms with Crippen molar-refractivity contribution in [1.82, 2.24) is 10.6 Å². The maximum atomic E-state index is 13.0. The zero-order valence-corrected chi connectivity index (χ0v) is 18.4. The molecule has 9 heteroatoms. The zero-order valence-electron chi connectivity index (χ0n) is 18.4. The summed E-state index contributed by atoms with van der Waals surface area (Å²) in [5.41, 5.74) is 4.59. The Kier molecular flexibility index (Phi) is 6.81. The summed E-state index contributed by atoms with van der Waals surface area (Å²) in [4.78, 5) is 34.4. The lowest BCUT2D eigenvalue weighted by molar-refractivity contribution is -0.164. The molecule has 3 N–H and O–H groups in total. The van der Waals surface area contributed by atoms with Gasteiger partial charge in [0.05, 0.1) is 6.54 Å². The number of carbonyl (C=O) groups excluding carboxylic acids is 2. The first-order valence-electron chi connectivity index (χ1n) is 11.2. The van der Waals surface area contributed by atoms with Crippen molar-refractivity contribution in [3.05, 3.63) is 59.7 Å². The van der Waals surface area contributed by atoms with Gasteiger partial charge in [0.2, 0.25) is 5.91 Å². The maximum Gasteiger partial charge on any atom is 0.407 e. The molecule has 0 bridgehead atoms. The number of alkyl halides is 2. The minimum Gasteiger partial charge on any atom is -0.477 e. The molecule has 2 aliphatic rings. The summed E-state index contributed by atoms with van der Waals surface area (Å²) in [5.74, 6) is -6.67. The summed E-state index contributed by atoms with van der Waals surface area (Å²) in [6.07, 6.45) is 0.898. The lowest BCUT2D eigenvalue weighted by Gasteiger charge is -2.35. The SMILES string of the molecule is O=C(CC1CC(CNC(=O)OCC2c3ccccc3-c3ccccc32)C1)NCC(F)(F)C(=O)O. The summed E-state index contributed by atoms with van der Waals surface area (Å²) in [7, 11) is 0. The van der Waals surface area contributed by atoms with E-state index in [0.29, 0.717) is 19.4 Å². The number of hydrogen-bond donors (Lipinski definition) is 3. The van der Waals surface area contributed by atoms with Crippen LogP contribution in [0.5, 0.6) is 0 Å². The number of fused-ring (bicyclic) bond motifs is 3. The Balaban J connectivity index is 1.16. The van der Waals surface area contributed by atoms with Crippen molar-refractivity contribution in [2.24, 2.45) is 11.8 Å². The van der Waals surface area contributed by atoms with Gasteiger partial charge in [-0.3, -0.25) is 4.79 Å². The molecule has 2 aromatic rings. The Labute approximate surface area is 195 Å². The summed E-state index contributed by atoms with van der Waals surface area (Å²) in [5, 5.41) is 13.1. The van der Waals surface area contributed by atoms with E-state index in [0.717, 1.165) is 22.3 Å². The second-order valence-electron chi connectivity index (χ2n) is 8.90. The molecule has 34 heavy (non-hydrogen) atoms. The van der Waals surface area contributed by atoms with Crippen LogP contribution in [0.1, 0.15) is 36.3 Å². The number of benzene rings is 2. The minimum absolute atomic E-state index is 0.0155. The number of nitrogens with one attached hydrogen (secondary N) is 2. The van der Waals surface area contributed by atoms with Crippen LogP contribution in [-0.2, 0) is 14.3 Å². The number of rotatable bonds is 9. The second-order valence-corrected chi connectivity index (χ2v) is 8.90. The number of alkyl carbamates (subject to hydrolysis) is 1. The van der Waals surface area contributed by atoms with E-state index in [4.69, 9.17) is 9.84 Å². The fourth-order valence-electron chi connectivity index (χ4n) is 4.70. The molecular weight excluding hydrogens is 446 g/mol. The molecule has 2 aromatic carbocycles. The summed E-state index contributed by atoms with van der Waals surface area (Å²) < 4.78 is 31.5. The van der Waals surface area contributed by atoms with Gasteiger partial charge >= 0.3 is 18.0 Å². The number of carbonyl (C=O) groups is 3. The van der Waals surface area contributed by atoms with Gasteiger partial charge in [0, 0.05) is 18.9 Å². The van der Waals surface area contributed by atoms with Crippen LogP contribution in [0.25, 0.3) is 11.1 Å². The van der Waals surface area contributed by atoms with Gasteiger partial charge < -0.3 is 20.5 Å². The number of ether oxygens (including phenoxy) is 1. The highest BCUT2D eigenvalue weighted by atomic mass is 19.3. The number of amides is 2. The molecule has 0 unspecified atom stereocenters. The minimum atomic E-state index is -3.98. The van der Waals surface area contributed by atoms with Crippen LogP contribution in [0.4, 0.5) is 13.6 Å². The molecule has 0 atom stereocenters. The average molecular weight is 472 g/mol. The van der Waals surface area contributed by atoms with Crippen LogP contribution in [0, 0.1) is 11.8 Å². The van der Waals surface area contributed by atoms with Crippen LogP contribution in [0.15, 0.2) is 48.5 Å². The first-order chi connectivity index (χ1) is 16.2. The van der Waals surface area contributed by atoms with E-state index in [1.54, 1.807) is 0 Å². The first-order valence-corrected chi connectivity index (χ1v) is 11.2. The molecule has 4 rings (SSSR count). The quantitative estimate of drug-likeness (QED) is 0.515. The molecule has 0 aliphatic heterocycles. The zero-order chi connectivity index (χ0) is 24.3. The van der Waals surface area contributed by atoms with Crippen LogP contribution in [0.3, 0.4) is 0 Å². The molecule has 0 saturated heterocycles. The molecule has 1 saturated carbocycles. The lowest BCUT2D eigenvalue weighted by atomic mass is 9.73. The Morgan fingerprint density at radius 1 is 0.941 bits per heavy atom. The molecular formula is C25H26F2N2O5. The Hall–Kier alpha value is -3.49. The Bertz CT molecular complexity index is 1040. The smallest absolute Gasteiger partial charge is 0.407 e. The van der Waals surface area contributed by atoms with E-state index in [-0.39, 0.29) is 30.8 Å². The second kappa shape index (κ2) is 9.79. The Morgan fingerprint density at radius 3 is 2.12 bits per heavy atom. The van der Waals surface area contributed by atoms with E-state index >= 15 is 0 Å². The van der Waals surface area contributed by atoms with Gasteiger partial charge in [0.25, 0.3) is 0 Å². The standard InChI is InChI=1S/C25H26F2N2O5/c26-25(27,23(31)32)14-29-22(30)11-15-9-16(10-15)12-28-24(33)34-13-21-19-7-3-1-5-17(19)18-6-2-4-8-20(18)21/h1-8,15-16,21H,9-14H2,(H,28,33)(H,29,30)(H,31,32). The fourth-order valence-corrected chi connectivity index (χ4v) is 4.70. The van der Waals surface area contributed by atoms with Crippen molar-refractivity contribution in [2.75, 3.05) is 19.7 Å². The number of carboxylic acids is 1. The third-order valence-electron chi connectivity index (χ3n) is 6.51. The molecule has 7 nitrogen and oxygen atoms in total. The normalized spacial score (nSPS) is 18.9. The van der Waals surface area contributed by atoms with Crippen LogP contribution >= 0.6 is 0 Å². The number of carboxylic acid groups (broad SMARTS) is 1. The van der Waals surface area contributed by atoms with Gasteiger partial charge in [-0.2, -0.15) is 8.78 Å². The summed E-state index contributed by atoms with van der Waals surface area (Å²) >= 11 is 0. The third-order valence-corrected chi connectivity index (χ3v) is 6.51. The highest BCUT2D eigenvalue weighted by molar-refractivity contribution is 5.80. The number of halogens is 2. The van der Waals surface area contributed by atoms with Gasteiger partial charge in [0.1, 0.15) is 6.61 Å².